The summed E-state index contributed by atoms with van der Waals surface area (Å²) >= 11 is 0. The molecular formula is C22H20N6O3. The fraction of sp³-hybridized carbons (Fsp3) is 0.227. The summed E-state index contributed by atoms with van der Waals surface area (Å²) in [5, 5.41) is 12.2. The van der Waals surface area contributed by atoms with Gasteiger partial charge >= 0.3 is 0 Å². The molecule has 0 aliphatic carbocycles. The Kier molecular flexibility index (Phi) is 4.79. The van der Waals surface area contributed by atoms with Gasteiger partial charge in [0.25, 0.3) is 0 Å². The average Bonchev–Trinajstić information content (AvgIpc) is 3.53. The van der Waals surface area contributed by atoms with Crippen molar-refractivity contribution in [3.63, 3.8) is 0 Å². The summed E-state index contributed by atoms with van der Waals surface area (Å²) in [5.41, 5.74) is 3.32. The SMILES string of the molecule is CC(=O)C(=O)c1cccc(-c2cccc3nc(Nc4cnn(C5CCOC5)c4)nn23)c1. The molecule has 156 valence electrons. The zero-order chi connectivity index (χ0) is 21.4. The van der Waals surface area contributed by atoms with Gasteiger partial charge in [0.05, 0.1) is 30.2 Å². The van der Waals surface area contributed by atoms with E-state index in [0.717, 1.165) is 30.0 Å². The molecule has 0 saturated carbocycles. The maximum absolute atomic E-state index is 12.1. The van der Waals surface area contributed by atoms with Crippen LogP contribution in [0.25, 0.3) is 16.9 Å². The van der Waals surface area contributed by atoms with Gasteiger partial charge in [-0.2, -0.15) is 10.1 Å². The van der Waals surface area contributed by atoms with Gasteiger partial charge in [-0.05, 0) is 24.6 Å². The van der Waals surface area contributed by atoms with Crippen LogP contribution in [0.3, 0.4) is 0 Å². The number of carbonyl (C=O) groups is 2. The minimum Gasteiger partial charge on any atom is -0.379 e. The van der Waals surface area contributed by atoms with Crippen molar-refractivity contribution < 1.29 is 14.3 Å². The molecule has 5 rings (SSSR count). The first-order valence-electron chi connectivity index (χ1n) is 9.99. The third-order valence-corrected chi connectivity index (χ3v) is 5.24. The monoisotopic (exact) mass is 416 g/mol. The Morgan fingerprint density at radius 1 is 1.19 bits per heavy atom. The molecule has 0 radical (unpaired) electrons. The molecule has 1 aliphatic rings. The number of hydrogen-bond donors (Lipinski definition) is 1. The van der Waals surface area contributed by atoms with Crippen LogP contribution in [0.2, 0.25) is 0 Å². The van der Waals surface area contributed by atoms with Crippen LogP contribution in [-0.2, 0) is 9.53 Å². The summed E-state index contributed by atoms with van der Waals surface area (Å²) in [4.78, 5) is 28.1. The lowest BCUT2D eigenvalue weighted by Crippen LogP contribution is -2.09. The van der Waals surface area contributed by atoms with E-state index in [1.165, 1.54) is 6.92 Å². The van der Waals surface area contributed by atoms with Gasteiger partial charge in [-0.1, -0.05) is 24.3 Å². The fourth-order valence-corrected chi connectivity index (χ4v) is 3.66. The lowest BCUT2D eigenvalue weighted by atomic mass is 10.0. The van der Waals surface area contributed by atoms with Gasteiger partial charge in [0.2, 0.25) is 11.7 Å². The zero-order valence-electron chi connectivity index (χ0n) is 16.9. The molecule has 1 aromatic carbocycles. The lowest BCUT2D eigenvalue weighted by molar-refractivity contribution is -0.113. The summed E-state index contributed by atoms with van der Waals surface area (Å²) < 4.78 is 9.02. The Hall–Kier alpha value is -3.85. The predicted molar refractivity (Wildman–Crippen MR) is 113 cm³/mol. The van der Waals surface area contributed by atoms with E-state index in [0.29, 0.717) is 23.8 Å². The molecular weight excluding hydrogens is 396 g/mol. The van der Waals surface area contributed by atoms with E-state index < -0.39 is 11.6 Å². The van der Waals surface area contributed by atoms with E-state index in [4.69, 9.17) is 4.74 Å². The molecule has 4 heterocycles. The number of benzene rings is 1. The van der Waals surface area contributed by atoms with E-state index in [-0.39, 0.29) is 6.04 Å². The van der Waals surface area contributed by atoms with Crippen molar-refractivity contribution >= 4 is 28.8 Å². The number of rotatable bonds is 6. The van der Waals surface area contributed by atoms with Crippen LogP contribution < -0.4 is 5.32 Å². The minimum absolute atomic E-state index is 0.251. The Bertz CT molecular complexity index is 1290. The second-order valence-corrected chi connectivity index (χ2v) is 7.43. The van der Waals surface area contributed by atoms with Crippen LogP contribution in [-0.4, -0.2) is 49.2 Å². The van der Waals surface area contributed by atoms with Crippen LogP contribution in [0.4, 0.5) is 11.6 Å². The normalized spacial score (nSPS) is 16.0. The molecule has 0 amide bonds. The highest BCUT2D eigenvalue weighted by Gasteiger charge is 2.19. The van der Waals surface area contributed by atoms with E-state index in [1.807, 2.05) is 35.1 Å². The summed E-state index contributed by atoms with van der Waals surface area (Å²) in [5.74, 6) is -0.572. The standard InChI is InChI=1S/C22H20N6O3/c1-14(29)21(30)16-5-2-4-15(10-16)19-6-3-7-20-25-22(26-28(19)20)24-17-11-23-27(12-17)18-8-9-31-13-18/h2-7,10-12,18H,8-9,13H2,1H3,(H,24,26). The number of Topliss-reactive ketones (excluding diaryl/α,β-unsaturated/α-hetero) is 2. The van der Waals surface area contributed by atoms with E-state index in [9.17, 15) is 9.59 Å². The van der Waals surface area contributed by atoms with Crippen molar-refractivity contribution in [2.75, 3.05) is 18.5 Å². The molecule has 1 N–H and O–H groups in total. The van der Waals surface area contributed by atoms with Crippen molar-refractivity contribution in [3.8, 4) is 11.3 Å². The summed E-state index contributed by atoms with van der Waals surface area (Å²) in [6.45, 7) is 2.69. The topological polar surface area (TPSA) is 103 Å². The molecule has 0 bridgehead atoms. The molecule has 31 heavy (non-hydrogen) atoms. The number of nitrogens with zero attached hydrogens (tertiary/aromatic N) is 5. The fourth-order valence-electron chi connectivity index (χ4n) is 3.66. The first-order valence-corrected chi connectivity index (χ1v) is 9.99. The molecule has 9 heteroatoms. The summed E-state index contributed by atoms with van der Waals surface area (Å²) in [6, 6.07) is 12.8. The number of ketones is 2. The zero-order valence-corrected chi connectivity index (χ0v) is 16.9. The Balaban J connectivity index is 1.45. The second kappa shape index (κ2) is 7.77. The molecule has 9 nitrogen and oxygen atoms in total. The molecule has 1 fully saturated rings. The molecule has 4 aromatic rings. The summed E-state index contributed by atoms with van der Waals surface area (Å²) in [6.07, 6.45) is 4.60. The van der Waals surface area contributed by atoms with Gasteiger partial charge in [0.15, 0.2) is 11.4 Å². The van der Waals surface area contributed by atoms with Crippen LogP contribution in [0, 0.1) is 0 Å². The maximum atomic E-state index is 12.1. The van der Waals surface area contributed by atoms with E-state index in [1.54, 1.807) is 28.9 Å². The quantitative estimate of drug-likeness (QED) is 0.380. The van der Waals surface area contributed by atoms with Gasteiger partial charge in [-0.3, -0.25) is 14.3 Å². The Morgan fingerprint density at radius 2 is 2.06 bits per heavy atom. The second-order valence-electron chi connectivity index (χ2n) is 7.43. The number of carbonyl (C=O) groups excluding carboxylic acids is 2. The van der Waals surface area contributed by atoms with Crippen LogP contribution >= 0.6 is 0 Å². The molecule has 1 atom stereocenters. The van der Waals surface area contributed by atoms with Gasteiger partial charge in [-0.25, -0.2) is 4.52 Å². The highest BCUT2D eigenvalue weighted by Crippen LogP contribution is 2.24. The highest BCUT2D eigenvalue weighted by atomic mass is 16.5. The number of pyridine rings is 1. The van der Waals surface area contributed by atoms with Crippen molar-refractivity contribution in [2.24, 2.45) is 0 Å². The molecule has 0 spiro atoms. The number of fused-ring (bicyclic) bond motifs is 1. The Labute approximate surface area is 177 Å². The van der Waals surface area contributed by atoms with Gasteiger partial charge in [-0.15, -0.1) is 5.10 Å². The molecule has 1 aliphatic heterocycles. The van der Waals surface area contributed by atoms with Crippen molar-refractivity contribution in [1.29, 1.82) is 0 Å². The maximum Gasteiger partial charge on any atom is 0.247 e. The van der Waals surface area contributed by atoms with E-state index in [2.05, 4.69) is 20.5 Å². The van der Waals surface area contributed by atoms with Crippen molar-refractivity contribution in [2.45, 2.75) is 19.4 Å². The molecule has 3 aromatic heterocycles. The number of nitrogens with one attached hydrogen (secondary N) is 1. The number of ether oxygens (including phenoxy) is 1. The van der Waals surface area contributed by atoms with Crippen LogP contribution in [0.5, 0.6) is 0 Å². The number of hydrogen-bond acceptors (Lipinski definition) is 7. The van der Waals surface area contributed by atoms with Gasteiger partial charge < -0.3 is 10.1 Å². The van der Waals surface area contributed by atoms with E-state index >= 15 is 0 Å². The third kappa shape index (κ3) is 3.71. The molecule has 1 saturated heterocycles. The predicted octanol–water partition coefficient (Wildman–Crippen LogP) is 3.07. The first kappa shape index (κ1) is 19.1. The summed E-state index contributed by atoms with van der Waals surface area (Å²) in [7, 11) is 0. The smallest absolute Gasteiger partial charge is 0.247 e. The van der Waals surface area contributed by atoms with Crippen molar-refractivity contribution in [1.82, 2.24) is 24.4 Å². The van der Waals surface area contributed by atoms with Crippen molar-refractivity contribution in [3.05, 3.63) is 60.4 Å². The van der Waals surface area contributed by atoms with Crippen LogP contribution in [0.15, 0.2) is 54.9 Å². The third-order valence-electron chi connectivity index (χ3n) is 5.24. The van der Waals surface area contributed by atoms with Crippen LogP contribution in [0.1, 0.15) is 29.7 Å². The highest BCUT2D eigenvalue weighted by molar-refractivity contribution is 6.43. The number of aromatic nitrogens is 5. The van der Waals surface area contributed by atoms with Gasteiger partial charge in [0.1, 0.15) is 0 Å². The number of anilines is 2. The Morgan fingerprint density at radius 3 is 2.87 bits per heavy atom. The molecule has 1 unspecified atom stereocenters. The minimum atomic E-state index is -0.514. The average molecular weight is 416 g/mol. The lowest BCUT2D eigenvalue weighted by Gasteiger charge is -2.06. The largest absolute Gasteiger partial charge is 0.379 e. The first-order chi connectivity index (χ1) is 15.1. The van der Waals surface area contributed by atoms with Gasteiger partial charge in [0, 0.05) is 30.9 Å².